The average Bonchev–Trinajstić information content (AvgIpc) is 2.10. The molecule has 0 unspecified atom stereocenters. The number of thiazole rings is 1. The minimum atomic E-state index is 0.0598. The molecule has 1 rings (SSSR count). The highest BCUT2D eigenvalue weighted by Crippen LogP contribution is 2.20. The van der Waals surface area contributed by atoms with E-state index in [1.54, 1.807) is 0 Å². The second-order valence-corrected chi connectivity index (χ2v) is 4.31. The summed E-state index contributed by atoms with van der Waals surface area (Å²) in [7, 11) is 0. The van der Waals surface area contributed by atoms with Crippen LogP contribution in [-0.4, -0.2) is 10.5 Å². The maximum Gasteiger partial charge on any atom is 0.185 e. The third-order valence-electron chi connectivity index (χ3n) is 1.00. The number of hydrogen-bond donors (Lipinski definition) is 2. The Kier molecular flexibility index (Phi) is 2.04. The molecule has 0 aliphatic rings. The molecule has 0 aliphatic heterocycles. The Morgan fingerprint density at radius 1 is 1.55 bits per heavy atom. The molecule has 0 radical (unpaired) electrons. The van der Waals surface area contributed by atoms with Gasteiger partial charge in [-0.05, 0) is 20.8 Å². The van der Waals surface area contributed by atoms with Crippen LogP contribution >= 0.6 is 11.3 Å². The van der Waals surface area contributed by atoms with E-state index in [2.05, 4.69) is 31.1 Å². The number of nitrogens with zero attached hydrogens (tertiary/aromatic N) is 1. The lowest BCUT2D eigenvalue weighted by molar-refractivity contribution is 0.633. The van der Waals surface area contributed by atoms with Crippen molar-refractivity contribution in [3.63, 3.8) is 0 Å². The highest BCUT2D eigenvalue weighted by Gasteiger charge is 2.10. The molecule has 0 fully saturated rings. The summed E-state index contributed by atoms with van der Waals surface area (Å²) in [6.45, 7) is 6.26. The van der Waals surface area contributed by atoms with Gasteiger partial charge in [0.25, 0.3) is 0 Å². The monoisotopic (exact) mass is 171 g/mol. The number of anilines is 2. The minimum Gasteiger partial charge on any atom is -0.383 e. The molecule has 4 heteroatoms. The van der Waals surface area contributed by atoms with Gasteiger partial charge in [0, 0.05) is 10.9 Å². The molecule has 11 heavy (non-hydrogen) atoms. The summed E-state index contributed by atoms with van der Waals surface area (Å²) in [5, 5.41) is 5.94. The summed E-state index contributed by atoms with van der Waals surface area (Å²) in [6.07, 6.45) is 0. The Morgan fingerprint density at radius 2 is 2.18 bits per heavy atom. The highest BCUT2D eigenvalue weighted by atomic mass is 32.1. The zero-order chi connectivity index (χ0) is 8.48. The predicted octanol–water partition coefficient (Wildman–Crippen LogP) is 1.94. The van der Waals surface area contributed by atoms with E-state index in [-0.39, 0.29) is 5.54 Å². The molecular weight excluding hydrogens is 158 g/mol. The van der Waals surface area contributed by atoms with E-state index in [1.807, 2.05) is 5.38 Å². The molecule has 0 atom stereocenters. The van der Waals surface area contributed by atoms with Crippen molar-refractivity contribution in [3.8, 4) is 0 Å². The van der Waals surface area contributed by atoms with Crippen LogP contribution in [0.5, 0.6) is 0 Å². The van der Waals surface area contributed by atoms with E-state index in [4.69, 9.17) is 5.73 Å². The normalized spacial score (nSPS) is 11.5. The lowest BCUT2D eigenvalue weighted by Gasteiger charge is -2.19. The first-order valence-electron chi connectivity index (χ1n) is 3.46. The standard InChI is InChI=1S/C7H13N3S/c1-7(2,3)10-6-9-5(8)4-11-6/h4H,8H2,1-3H3,(H,9,10). The fourth-order valence-corrected chi connectivity index (χ4v) is 1.47. The van der Waals surface area contributed by atoms with Crippen molar-refractivity contribution in [1.29, 1.82) is 0 Å². The van der Waals surface area contributed by atoms with Crippen molar-refractivity contribution in [2.24, 2.45) is 0 Å². The lowest BCUT2D eigenvalue weighted by Crippen LogP contribution is -2.25. The maximum absolute atomic E-state index is 5.46. The van der Waals surface area contributed by atoms with Gasteiger partial charge < -0.3 is 11.1 Å². The summed E-state index contributed by atoms with van der Waals surface area (Å²) in [5.74, 6) is 0.585. The van der Waals surface area contributed by atoms with E-state index in [9.17, 15) is 0 Å². The molecule has 0 aromatic carbocycles. The zero-order valence-electron chi connectivity index (χ0n) is 7.01. The van der Waals surface area contributed by atoms with Gasteiger partial charge in [0.1, 0.15) is 5.82 Å². The molecule has 0 saturated heterocycles. The van der Waals surface area contributed by atoms with Crippen LogP contribution in [0.15, 0.2) is 5.38 Å². The molecule has 0 bridgehead atoms. The summed E-state index contributed by atoms with van der Waals surface area (Å²) in [5.41, 5.74) is 5.52. The topological polar surface area (TPSA) is 50.9 Å². The largest absolute Gasteiger partial charge is 0.383 e. The quantitative estimate of drug-likeness (QED) is 0.679. The molecule has 0 amide bonds. The summed E-state index contributed by atoms with van der Waals surface area (Å²) >= 11 is 1.53. The Balaban J connectivity index is 2.65. The van der Waals surface area contributed by atoms with Crippen LogP contribution in [0.25, 0.3) is 0 Å². The molecule has 62 valence electrons. The average molecular weight is 171 g/mol. The van der Waals surface area contributed by atoms with Gasteiger partial charge in [-0.15, -0.1) is 11.3 Å². The van der Waals surface area contributed by atoms with Gasteiger partial charge in [0.05, 0.1) is 0 Å². The molecule has 0 aliphatic carbocycles. The van der Waals surface area contributed by atoms with Crippen molar-refractivity contribution in [3.05, 3.63) is 5.38 Å². The van der Waals surface area contributed by atoms with Crippen LogP contribution < -0.4 is 11.1 Å². The molecule has 0 saturated carbocycles. The fraction of sp³-hybridized carbons (Fsp3) is 0.571. The van der Waals surface area contributed by atoms with Crippen LogP contribution in [0.3, 0.4) is 0 Å². The summed E-state index contributed by atoms with van der Waals surface area (Å²) in [4.78, 5) is 4.08. The first-order chi connectivity index (χ1) is 4.97. The van der Waals surface area contributed by atoms with E-state index in [0.29, 0.717) is 5.82 Å². The highest BCUT2D eigenvalue weighted by molar-refractivity contribution is 7.14. The number of rotatable bonds is 1. The molecule has 3 nitrogen and oxygen atoms in total. The van der Waals surface area contributed by atoms with Crippen molar-refractivity contribution < 1.29 is 0 Å². The Bertz CT molecular complexity index is 236. The predicted molar refractivity (Wildman–Crippen MR) is 49.9 cm³/mol. The van der Waals surface area contributed by atoms with Crippen molar-refractivity contribution in [1.82, 2.24) is 4.98 Å². The van der Waals surface area contributed by atoms with E-state index in [1.165, 1.54) is 11.3 Å². The Morgan fingerprint density at radius 3 is 2.55 bits per heavy atom. The number of nitrogen functional groups attached to an aromatic ring is 1. The van der Waals surface area contributed by atoms with Gasteiger partial charge >= 0.3 is 0 Å². The van der Waals surface area contributed by atoms with Gasteiger partial charge in [0.15, 0.2) is 5.13 Å². The third kappa shape index (κ3) is 2.76. The zero-order valence-corrected chi connectivity index (χ0v) is 7.83. The van der Waals surface area contributed by atoms with Gasteiger partial charge in [-0.1, -0.05) is 0 Å². The van der Waals surface area contributed by atoms with Crippen LogP contribution in [0.1, 0.15) is 20.8 Å². The van der Waals surface area contributed by atoms with Gasteiger partial charge in [-0.25, -0.2) is 4.98 Å². The van der Waals surface area contributed by atoms with Crippen LogP contribution in [0.2, 0.25) is 0 Å². The van der Waals surface area contributed by atoms with E-state index >= 15 is 0 Å². The van der Waals surface area contributed by atoms with Gasteiger partial charge in [0.2, 0.25) is 0 Å². The number of hydrogen-bond acceptors (Lipinski definition) is 4. The van der Waals surface area contributed by atoms with Crippen molar-refractivity contribution in [2.45, 2.75) is 26.3 Å². The first-order valence-corrected chi connectivity index (χ1v) is 4.34. The molecule has 1 heterocycles. The molecular formula is C7H13N3S. The van der Waals surface area contributed by atoms with Crippen molar-refractivity contribution in [2.75, 3.05) is 11.1 Å². The lowest BCUT2D eigenvalue weighted by atomic mass is 10.1. The molecule has 1 aromatic heterocycles. The third-order valence-corrected chi connectivity index (χ3v) is 1.78. The Labute approximate surface area is 70.6 Å². The maximum atomic E-state index is 5.46. The number of aromatic nitrogens is 1. The minimum absolute atomic E-state index is 0.0598. The van der Waals surface area contributed by atoms with Crippen LogP contribution in [-0.2, 0) is 0 Å². The smallest absolute Gasteiger partial charge is 0.185 e. The van der Waals surface area contributed by atoms with Gasteiger partial charge in [-0.2, -0.15) is 0 Å². The number of nitrogens with one attached hydrogen (secondary N) is 1. The first kappa shape index (κ1) is 8.33. The number of nitrogens with two attached hydrogens (primary N) is 1. The summed E-state index contributed by atoms with van der Waals surface area (Å²) in [6, 6.07) is 0. The fourth-order valence-electron chi connectivity index (χ4n) is 0.664. The SMILES string of the molecule is CC(C)(C)Nc1nc(N)cs1. The second kappa shape index (κ2) is 2.70. The van der Waals surface area contributed by atoms with Gasteiger partial charge in [-0.3, -0.25) is 0 Å². The van der Waals surface area contributed by atoms with Crippen LogP contribution in [0, 0.1) is 0 Å². The van der Waals surface area contributed by atoms with Crippen molar-refractivity contribution >= 4 is 22.3 Å². The molecule has 3 N–H and O–H groups in total. The van der Waals surface area contributed by atoms with E-state index in [0.717, 1.165) is 5.13 Å². The van der Waals surface area contributed by atoms with Crippen LogP contribution in [0.4, 0.5) is 10.9 Å². The van der Waals surface area contributed by atoms with E-state index < -0.39 is 0 Å². The molecule has 1 aromatic rings. The second-order valence-electron chi connectivity index (χ2n) is 3.45. The Hall–Kier alpha value is -0.770. The summed E-state index contributed by atoms with van der Waals surface area (Å²) < 4.78 is 0. The molecule has 0 spiro atoms.